The van der Waals surface area contributed by atoms with Crippen molar-refractivity contribution < 1.29 is 4.74 Å². The van der Waals surface area contributed by atoms with Crippen LogP contribution < -0.4 is 15.4 Å². The van der Waals surface area contributed by atoms with Gasteiger partial charge in [0.1, 0.15) is 5.75 Å². The van der Waals surface area contributed by atoms with Gasteiger partial charge in [-0.05, 0) is 24.6 Å². The van der Waals surface area contributed by atoms with E-state index in [9.17, 15) is 0 Å². The molecule has 0 aliphatic carbocycles. The van der Waals surface area contributed by atoms with Crippen molar-refractivity contribution >= 4 is 46.2 Å². The second-order valence-electron chi connectivity index (χ2n) is 5.23. The first-order valence-electron chi connectivity index (χ1n) is 7.84. The van der Waals surface area contributed by atoms with Crippen molar-refractivity contribution in [1.82, 2.24) is 20.0 Å². The average Bonchev–Trinajstić information content (AvgIpc) is 3.19. The summed E-state index contributed by atoms with van der Waals surface area (Å²) in [5, 5.41) is 8.60. The van der Waals surface area contributed by atoms with Crippen molar-refractivity contribution in [2.24, 2.45) is 4.99 Å². The van der Waals surface area contributed by atoms with Gasteiger partial charge in [-0.2, -0.15) is 0 Å². The lowest BCUT2D eigenvalue weighted by Crippen LogP contribution is -2.36. The standard InChI is InChI=1S/C17H21N5OS.HI/c1-3-18-16(19-10-13-5-4-6-15(9-13)23-2)20-11-14-12-22-7-8-24-17(22)21-14;/h4-9,12H,3,10-11H2,1-2H3,(H2,18,19,20);1H. The van der Waals surface area contributed by atoms with Gasteiger partial charge in [-0.15, -0.1) is 35.3 Å². The normalized spacial score (nSPS) is 11.2. The highest BCUT2D eigenvalue weighted by molar-refractivity contribution is 14.0. The largest absolute Gasteiger partial charge is 0.497 e. The molecule has 0 radical (unpaired) electrons. The Balaban J connectivity index is 0.00000225. The second-order valence-corrected chi connectivity index (χ2v) is 6.10. The zero-order valence-corrected chi connectivity index (χ0v) is 17.4. The minimum absolute atomic E-state index is 0. The molecule has 2 N–H and O–H groups in total. The van der Waals surface area contributed by atoms with Gasteiger partial charge in [0, 0.05) is 24.3 Å². The molecule has 3 rings (SSSR count). The third-order valence-corrected chi connectivity index (χ3v) is 4.25. The molecule has 8 heteroatoms. The number of methoxy groups -OCH3 is 1. The molecule has 0 saturated carbocycles. The molecule has 3 aromatic rings. The number of hydrogen-bond donors (Lipinski definition) is 2. The molecular formula is C17H22IN5OS. The van der Waals surface area contributed by atoms with E-state index in [2.05, 4.69) is 27.5 Å². The molecule has 0 unspecified atom stereocenters. The monoisotopic (exact) mass is 471 g/mol. The van der Waals surface area contributed by atoms with Crippen molar-refractivity contribution in [3.63, 3.8) is 0 Å². The fourth-order valence-electron chi connectivity index (χ4n) is 2.32. The number of ether oxygens (including phenoxy) is 1. The van der Waals surface area contributed by atoms with Gasteiger partial charge >= 0.3 is 0 Å². The summed E-state index contributed by atoms with van der Waals surface area (Å²) in [5.41, 5.74) is 2.10. The number of aliphatic imine (C=N–C) groups is 1. The van der Waals surface area contributed by atoms with Gasteiger partial charge in [0.2, 0.25) is 0 Å². The van der Waals surface area contributed by atoms with Gasteiger partial charge < -0.3 is 15.4 Å². The minimum Gasteiger partial charge on any atom is -0.497 e. The van der Waals surface area contributed by atoms with Crippen molar-refractivity contribution in [3.8, 4) is 5.75 Å². The summed E-state index contributed by atoms with van der Waals surface area (Å²) in [7, 11) is 1.67. The molecule has 0 spiro atoms. The predicted molar refractivity (Wildman–Crippen MR) is 113 cm³/mol. The van der Waals surface area contributed by atoms with E-state index in [1.807, 2.05) is 46.4 Å². The number of imidazole rings is 1. The zero-order valence-electron chi connectivity index (χ0n) is 14.2. The maximum atomic E-state index is 5.25. The quantitative estimate of drug-likeness (QED) is 0.329. The fourth-order valence-corrected chi connectivity index (χ4v) is 3.04. The number of nitrogens with zero attached hydrogens (tertiary/aromatic N) is 3. The number of rotatable bonds is 6. The number of guanidine groups is 1. The summed E-state index contributed by atoms with van der Waals surface area (Å²) >= 11 is 1.63. The van der Waals surface area contributed by atoms with Gasteiger partial charge in [-0.3, -0.25) is 4.40 Å². The maximum Gasteiger partial charge on any atom is 0.193 e. The lowest BCUT2D eigenvalue weighted by Gasteiger charge is -2.10. The smallest absolute Gasteiger partial charge is 0.193 e. The van der Waals surface area contributed by atoms with Crippen molar-refractivity contribution in [3.05, 3.63) is 53.3 Å². The summed E-state index contributed by atoms with van der Waals surface area (Å²) < 4.78 is 7.28. The molecule has 0 atom stereocenters. The number of fused-ring (bicyclic) bond motifs is 1. The third-order valence-electron chi connectivity index (χ3n) is 3.48. The van der Waals surface area contributed by atoms with Gasteiger partial charge in [0.25, 0.3) is 0 Å². The molecule has 0 saturated heterocycles. The molecule has 134 valence electrons. The molecule has 1 aromatic carbocycles. The Hall–Kier alpha value is -1.81. The summed E-state index contributed by atoms with van der Waals surface area (Å²) in [6.07, 6.45) is 4.04. The van der Waals surface area contributed by atoms with Crippen LogP contribution in [-0.4, -0.2) is 29.0 Å². The zero-order chi connectivity index (χ0) is 16.8. The Morgan fingerprint density at radius 1 is 1.36 bits per heavy atom. The van der Waals surface area contributed by atoms with Gasteiger partial charge in [0.05, 0.1) is 25.9 Å². The average molecular weight is 471 g/mol. The highest BCUT2D eigenvalue weighted by Crippen LogP contribution is 2.13. The number of halogens is 1. The van der Waals surface area contributed by atoms with Crippen molar-refractivity contribution in [2.75, 3.05) is 13.7 Å². The molecule has 2 heterocycles. The Kier molecular flexibility index (Phi) is 7.51. The van der Waals surface area contributed by atoms with E-state index in [4.69, 9.17) is 4.74 Å². The summed E-state index contributed by atoms with van der Waals surface area (Å²) in [6, 6.07) is 7.94. The molecule has 25 heavy (non-hydrogen) atoms. The van der Waals surface area contributed by atoms with E-state index in [0.717, 1.165) is 34.5 Å². The van der Waals surface area contributed by atoms with Crippen LogP contribution in [0.2, 0.25) is 0 Å². The first-order chi connectivity index (χ1) is 11.8. The Morgan fingerprint density at radius 3 is 3.00 bits per heavy atom. The lowest BCUT2D eigenvalue weighted by molar-refractivity contribution is 0.414. The predicted octanol–water partition coefficient (Wildman–Crippen LogP) is 3.28. The highest BCUT2D eigenvalue weighted by atomic mass is 127. The Morgan fingerprint density at radius 2 is 2.24 bits per heavy atom. The molecule has 2 aromatic heterocycles. The number of aromatic nitrogens is 2. The number of nitrogens with one attached hydrogen (secondary N) is 2. The van der Waals surface area contributed by atoms with Crippen LogP contribution in [0.4, 0.5) is 0 Å². The SMILES string of the molecule is CCNC(=NCc1cccc(OC)c1)NCc1cn2ccsc2n1.I. The molecule has 0 amide bonds. The van der Waals surface area contributed by atoms with E-state index in [1.165, 1.54) is 0 Å². The van der Waals surface area contributed by atoms with E-state index in [1.54, 1.807) is 18.4 Å². The van der Waals surface area contributed by atoms with Crippen LogP contribution in [0.15, 0.2) is 47.0 Å². The molecule has 6 nitrogen and oxygen atoms in total. The lowest BCUT2D eigenvalue weighted by atomic mass is 10.2. The number of thiazole rings is 1. The van der Waals surface area contributed by atoms with E-state index in [-0.39, 0.29) is 24.0 Å². The molecule has 0 aliphatic heterocycles. The summed E-state index contributed by atoms with van der Waals surface area (Å²) in [5.74, 6) is 1.62. The van der Waals surface area contributed by atoms with Gasteiger partial charge in [-0.1, -0.05) is 12.1 Å². The van der Waals surface area contributed by atoms with E-state index < -0.39 is 0 Å². The second kappa shape index (κ2) is 9.62. The molecule has 0 aliphatic rings. The van der Waals surface area contributed by atoms with Gasteiger partial charge in [-0.25, -0.2) is 9.98 Å². The van der Waals surface area contributed by atoms with Crippen LogP contribution in [0.1, 0.15) is 18.2 Å². The minimum atomic E-state index is 0. The first-order valence-corrected chi connectivity index (χ1v) is 8.72. The number of benzene rings is 1. The fraction of sp³-hybridized carbons (Fsp3) is 0.294. The van der Waals surface area contributed by atoms with Crippen LogP contribution in [0.25, 0.3) is 4.96 Å². The van der Waals surface area contributed by atoms with E-state index in [0.29, 0.717) is 13.1 Å². The summed E-state index contributed by atoms with van der Waals surface area (Å²) in [6.45, 7) is 4.08. The van der Waals surface area contributed by atoms with Gasteiger partial charge in [0.15, 0.2) is 10.9 Å². The topological polar surface area (TPSA) is 63.0 Å². The molecule has 0 fully saturated rings. The van der Waals surface area contributed by atoms with E-state index >= 15 is 0 Å². The number of hydrogen-bond acceptors (Lipinski definition) is 4. The third kappa shape index (κ3) is 5.33. The highest BCUT2D eigenvalue weighted by Gasteiger charge is 2.04. The van der Waals surface area contributed by atoms with Crippen LogP contribution in [0.3, 0.4) is 0 Å². The molecule has 0 bridgehead atoms. The Bertz CT molecular complexity index is 801. The van der Waals surface area contributed by atoms with Crippen LogP contribution in [0.5, 0.6) is 5.75 Å². The summed E-state index contributed by atoms with van der Waals surface area (Å²) in [4.78, 5) is 10.2. The van der Waals surface area contributed by atoms with Crippen LogP contribution in [0, 0.1) is 0 Å². The van der Waals surface area contributed by atoms with Crippen LogP contribution in [-0.2, 0) is 13.1 Å². The maximum absolute atomic E-state index is 5.25. The Labute approximate surface area is 168 Å². The first kappa shape index (κ1) is 19.5. The van der Waals surface area contributed by atoms with Crippen molar-refractivity contribution in [2.45, 2.75) is 20.0 Å². The van der Waals surface area contributed by atoms with Crippen molar-refractivity contribution in [1.29, 1.82) is 0 Å². The molecular weight excluding hydrogens is 449 g/mol. The van der Waals surface area contributed by atoms with Crippen LogP contribution >= 0.6 is 35.3 Å².